The zero-order chi connectivity index (χ0) is 28.8. The number of hydrogen-bond donors (Lipinski definition) is 0. The molecular formula is C31H32ClN3O6. The van der Waals surface area contributed by atoms with Gasteiger partial charge >= 0.3 is 5.69 Å². The molecule has 214 valence electrons. The van der Waals surface area contributed by atoms with Gasteiger partial charge in [0.05, 0.1) is 44.0 Å². The minimum atomic E-state index is -0.388. The van der Waals surface area contributed by atoms with E-state index in [2.05, 4.69) is 9.88 Å². The lowest BCUT2D eigenvalue weighted by Gasteiger charge is -2.39. The monoisotopic (exact) mass is 577 g/mol. The van der Waals surface area contributed by atoms with Crippen LogP contribution in [0.4, 0.5) is 11.4 Å². The van der Waals surface area contributed by atoms with E-state index in [0.29, 0.717) is 72.3 Å². The number of rotatable bonds is 11. The summed E-state index contributed by atoms with van der Waals surface area (Å²) in [5.74, 6) is 1.29. The number of aromatic nitrogens is 1. The number of benzene rings is 3. The Morgan fingerprint density at radius 2 is 1.93 bits per heavy atom. The maximum Gasteiger partial charge on any atom is 0.311 e. The molecule has 1 saturated heterocycles. The Morgan fingerprint density at radius 3 is 2.68 bits per heavy atom. The summed E-state index contributed by atoms with van der Waals surface area (Å²) in [6.45, 7) is 1.74. The molecular weight excluding hydrogens is 546 g/mol. The number of nitrogens with zero attached hydrogens (tertiary/aromatic N) is 3. The van der Waals surface area contributed by atoms with Crippen molar-refractivity contribution < 1.29 is 23.9 Å². The highest BCUT2D eigenvalue weighted by Gasteiger charge is 2.33. The number of pyridine rings is 1. The molecule has 0 N–H and O–H groups in total. The molecule has 1 aromatic heterocycles. The van der Waals surface area contributed by atoms with Gasteiger partial charge in [0.25, 0.3) is 0 Å². The van der Waals surface area contributed by atoms with Crippen LogP contribution >= 0.6 is 11.6 Å². The van der Waals surface area contributed by atoms with Gasteiger partial charge in [-0.3, -0.25) is 10.1 Å². The molecule has 1 aliphatic heterocycles. The van der Waals surface area contributed by atoms with E-state index >= 15 is 0 Å². The first-order valence-corrected chi connectivity index (χ1v) is 13.8. The van der Waals surface area contributed by atoms with Gasteiger partial charge in [-0.25, -0.2) is 4.98 Å². The highest BCUT2D eigenvalue weighted by Crippen LogP contribution is 2.41. The second kappa shape index (κ2) is 13.2. The Morgan fingerprint density at radius 1 is 1.10 bits per heavy atom. The molecule has 4 aromatic rings. The van der Waals surface area contributed by atoms with Crippen LogP contribution in [0.5, 0.6) is 11.5 Å². The van der Waals surface area contributed by atoms with Crippen LogP contribution in [0.3, 0.4) is 0 Å². The summed E-state index contributed by atoms with van der Waals surface area (Å²) in [6, 6.07) is 20.7. The second-order valence-electron chi connectivity index (χ2n) is 9.89. The Balaban J connectivity index is 1.52. The van der Waals surface area contributed by atoms with E-state index in [-0.39, 0.29) is 22.8 Å². The Bertz CT molecular complexity index is 1500. The zero-order valence-corrected chi connectivity index (χ0v) is 23.8. The topological polar surface area (TPSA) is 96.2 Å². The maximum atomic E-state index is 12.4. The van der Waals surface area contributed by atoms with Gasteiger partial charge in [0.1, 0.15) is 23.4 Å². The Hall–Kier alpha value is -3.92. The van der Waals surface area contributed by atoms with Gasteiger partial charge < -0.3 is 23.8 Å². The van der Waals surface area contributed by atoms with Crippen LogP contribution in [0.15, 0.2) is 72.9 Å². The van der Waals surface area contributed by atoms with E-state index in [4.69, 9.17) is 30.5 Å². The van der Waals surface area contributed by atoms with Crippen molar-refractivity contribution in [2.24, 2.45) is 0 Å². The molecule has 1 aliphatic rings. The van der Waals surface area contributed by atoms with Crippen molar-refractivity contribution in [3.8, 4) is 11.5 Å². The number of methoxy groups -OCH3 is 2. The zero-order valence-electron chi connectivity index (χ0n) is 23.0. The minimum Gasteiger partial charge on any atom is -0.497 e. The number of halogens is 1. The quantitative estimate of drug-likeness (QED) is 0.146. The first kappa shape index (κ1) is 28.6. The SMILES string of the molecule is COc1ccc(CN(c2c([N+](=O)[O-])cnc3ccc(Cl)cc23)[C@@H]2CCOC(COCc3ccccc3)C2)c(OC)c1. The van der Waals surface area contributed by atoms with Gasteiger partial charge in [-0.1, -0.05) is 41.9 Å². The third-order valence-electron chi connectivity index (χ3n) is 7.30. The molecule has 0 radical (unpaired) electrons. The van der Waals surface area contributed by atoms with Crippen molar-refractivity contribution in [3.05, 3.63) is 99.2 Å². The van der Waals surface area contributed by atoms with E-state index in [0.717, 1.165) is 11.1 Å². The summed E-state index contributed by atoms with van der Waals surface area (Å²) in [5, 5.41) is 13.4. The summed E-state index contributed by atoms with van der Waals surface area (Å²) >= 11 is 6.40. The van der Waals surface area contributed by atoms with Gasteiger partial charge in [0.15, 0.2) is 0 Å². The molecule has 5 rings (SSSR count). The van der Waals surface area contributed by atoms with E-state index < -0.39 is 0 Å². The Kier molecular flexibility index (Phi) is 9.18. The van der Waals surface area contributed by atoms with Crippen molar-refractivity contribution >= 4 is 33.9 Å². The number of hydrogen-bond acceptors (Lipinski definition) is 8. The van der Waals surface area contributed by atoms with E-state index in [1.807, 2.05) is 48.5 Å². The maximum absolute atomic E-state index is 12.4. The van der Waals surface area contributed by atoms with Gasteiger partial charge in [-0.2, -0.15) is 0 Å². The molecule has 3 aromatic carbocycles. The van der Waals surface area contributed by atoms with Crippen LogP contribution in [0.2, 0.25) is 5.02 Å². The molecule has 9 nitrogen and oxygen atoms in total. The average molecular weight is 578 g/mol. The standard InChI is InChI=1S/C31H32ClN3O6/c1-38-25-10-8-22(30(16-25)39-2)18-34(31-27-14-23(32)9-11-28(27)33-17-29(31)35(36)37)24-12-13-41-26(15-24)20-40-19-21-6-4-3-5-7-21/h3-11,14,16-17,24,26H,12-13,15,18-20H2,1-2H3/t24-,26?/m1/s1. The molecule has 0 saturated carbocycles. The molecule has 1 unspecified atom stereocenters. The highest BCUT2D eigenvalue weighted by atomic mass is 35.5. The van der Waals surface area contributed by atoms with Crippen LogP contribution in [-0.4, -0.2) is 49.5 Å². The van der Waals surface area contributed by atoms with Gasteiger partial charge in [0, 0.05) is 41.2 Å². The third-order valence-corrected chi connectivity index (χ3v) is 7.53. The molecule has 10 heteroatoms. The van der Waals surface area contributed by atoms with E-state index in [1.165, 1.54) is 6.20 Å². The molecule has 0 amide bonds. The largest absolute Gasteiger partial charge is 0.497 e. The van der Waals surface area contributed by atoms with Crippen LogP contribution in [0.25, 0.3) is 10.9 Å². The van der Waals surface area contributed by atoms with Crippen molar-refractivity contribution in [1.29, 1.82) is 0 Å². The predicted molar refractivity (Wildman–Crippen MR) is 158 cm³/mol. The Labute approximate surface area is 243 Å². The first-order chi connectivity index (χ1) is 20.0. The molecule has 0 aliphatic carbocycles. The van der Waals surface area contributed by atoms with Crippen molar-refractivity contribution in [2.75, 3.05) is 32.3 Å². The summed E-state index contributed by atoms with van der Waals surface area (Å²) in [4.78, 5) is 18.4. The fourth-order valence-corrected chi connectivity index (χ4v) is 5.45. The summed E-state index contributed by atoms with van der Waals surface area (Å²) < 4.78 is 23.2. The van der Waals surface area contributed by atoms with E-state index in [9.17, 15) is 10.1 Å². The van der Waals surface area contributed by atoms with Crippen molar-refractivity contribution in [1.82, 2.24) is 4.98 Å². The average Bonchev–Trinajstić information content (AvgIpc) is 3.00. The molecule has 0 bridgehead atoms. The number of anilines is 1. The molecule has 1 fully saturated rings. The highest BCUT2D eigenvalue weighted by molar-refractivity contribution is 6.31. The van der Waals surface area contributed by atoms with Gasteiger partial charge in [-0.05, 0) is 48.7 Å². The lowest BCUT2D eigenvalue weighted by atomic mass is 9.98. The summed E-state index contributed by atoms with van der Waals surface area (Å²) in [5.41, 5.74) is 2.95. The number of fused-ring (bicyclic) bond motifs is 1. The van der Waals surface area contributed by atoms with Gasteiger partial charge in [-0.15, -0.1) is 0 Å². The summed E-state index contributed by atoms with van der Waals surface area (Å²) in [7, 11) is 3.19. The summed E-state index contributed by atoms with van der Waals surface area (Å²) in [6.07, 6.45) is 2.45. The fraction of sp³-hybridized carbons (Fsp3) is 0.323. The molecule has 41 heavy (non-hydrogen) atoms. The van der Waals surface area contributed by atoms with Crippen LogP contribution in [-0.2, 0) is 22.6 Å². The van der Waals surface area contributed by atoms with E-state index in [1.54, 1.807) is 32.4 Å². The van der Waals surface area contributed by atoms with Gasteiger partial charge in [0.2, 0.25) is 0 Å². The van der Waals surface area contributed by atoms with Crippen LogP contribution < -0.4 is 14.4 Å². The molecule has 2 heterocycles. The van der Waals surface area contributed by atoms with Crippen molar-refractivity contribution in [3.63, 3.8) is 0 Å². The minimum absolute atomic E-state index is 0.0874. The fourth-order valence-electron chi connectivity index (χ4n) is 5.27. The molecule has 0 spiro atoms. The lowest BCUT2D eigenvalue weighted by molar-refractivity contribution is -0.384. The predicted octanol–water partition coefficient (Wildman–Crippen LogP) is 6.58. The smallest absolute Gasteiger partial charge is 0.311 e. The number of ether oxygens (including phenoxy) is 4. The molecule has 2 atom stereocenters. The van der Waals surface area contributed by atoms with Crippen molar-refractivity contribution in [2.45, 2.75) is 38.1 Å². The first-order valence-electron chi connectivity index (χ1n) is 13.4. The van der Waals surface area contributed by atoms with Crippen LogP contribution in [0.1, 0.15) is 24.0 Å². The normalized spacial score (nSPS) is 16.9. The third kappa shape index (κ3) is 6.70. The lowest BCUT2D eigenvalue weighted by Crippen LogP contribution is -2.44. The second-order valence-corrected chi connectivity index (χ2v) is 10.3. The number of nitro groups is 1. The van der Waals surface area contributed by atoms with Crippen LogP contribution in [0, 0.1) is 10.1 Å².